The van der Waals surface area contributed by atoms with Gasteiger partial charge in [0.1, 0.15) is 11.7 Å². The lowest BCUT2D eigenvalue weighted by Gasteiger charge is -2.18. The number of hydrogen-bond donors (Lipinski definition) is 0. The molecule has 1 saturated heterocycles. The molecule has 0 aliphatic carbocycles. The number of aryl methyl sites for hydroxylation is 1. The molecule has 2 aromatic rings. The van der Waals surface area contributed by atoms with Crippen molar-refractivity contribution in [3.63, 3.8) is 0 Å². The molecule has 0 bridgehead atoms. The Morgan fingerprint density at radius 2 is 1.70 bits per heavy atom. The third-order valence-electron chi connectivity index (χ3n) is 3.78. The van der Waals surface area contributed by atoms with Gasteiger partial charge >= 0.3 is 0 Å². The lowest BCUT2D eigenvalue weighted by Crippen LogP contribution is -2.25. The van der Waals surface area contributed by atoms with Gasteiger partial charge in [-0.1, -0.05) is 17.7 Å². The van der Waals surface area contributed by atoms with Gasteiger partial charge in [-0.2, -0.15) is 8.42 Å². The summed E-state index contributed by atoms with van der Waals surface area (Å²) < 4.78 is 42.0. The Kier molecular flexibility index (Phi) is 4.17. The molecule has 0 aromatic heterocycles. The van der Waals surface area contributed by atoms with E-state index >= 15 is 0 Å². The number of rotatable bonds is 3. The highest BCUT2D eigenvalue weighted by Gasteiger charge is 2.24. The van der Waals surface area contributed by atoms with Crippen LogP contribution in [-0.2, 0) is 10.0 Å². The Balaban J connectivity index is 1.93. The molecule has 1 aliphatic rings. The average Bonchev–Trinajstić information content (AvgIpc) is 2.96. The number of amidine groups is 1. The van der Waals surface area contributed by atoms with Crippen molar-refractivity contribution in [1.29, 1.82) is 0 Å². The van der Waals surface area contributed by atoms with E-state index in [0.717, 1.165) is 17.7 Å². The first-order valence-electron chi connectivity index (χ1n) is 7.39. The van der Waals surface area contributed by atoms with Gasteiger partial charge in [0.15, 0.2) is 0 Å². The summed E-state index contributed by atoms with van der Waals surface area (Å²) >= 11 is 0. The lowest BCUT2D eigenvalue weighted by molar-refractivity contribution is 0.598. The number of benzene rings is 2. The van der Waals surface area contributed by atoms with Gasteiger partial charge in [0.2, 0.25) is 0 Å². The molecule has 23 heavy (non-hydrogen) atoms. The Bertz CT molecular complexity index is 828. The van der Waals surface area contributed by atoms with Crippen LogP contribution in [0.4, 0.5) is 10.1 Å². The van der Waals surface area contributed by atoms with E-state index in [1.54, 1.807) is 36.4 Å². The fraction of sp³-hybridized carbons (Fsp3) is 0.235. The Labute approximate surface area is 135 Å². The molecule has 6 heteroatoms. The van der Waals surface area contributed by atoms with Crippen LogP contribution >= 0.6 is 0 Å². The van der Waals surface area contributed by atoms with Crippen LogP contribution in [0.3, 0.4) is 0 Å². The fourth-order valence-corrected chi connectivity index (χ4v) is 3.61. The van der Waals surface area contributed by atoms with Crippen LogP contribution in [0.1, 0.15) is 18.4 Å². The average molecular weight is 332 g/mol. The van der Waals surface area contributed by atoms with E-state index in [1.165, 1.54) is 12.1 Å². The Hall–Kier alpha value is -2.21. The summed E-state index contributed by atoms with van der Waals surface area (Å²) in [5, 5.41) is 0. The second-order valence-electron chi connectivity index (χ2n) is 5.53. The van der Waals surface area contributed by atoms with Crippen LogP contribution in [0.5, 0.6) is 0 Å². The zero-order valence-corrected chi connectivity index (χ0v) is 13.6. The van der Waals surface area contributed by atoms with E-state index in [-0.39, 0.29) is 10.7 Å². The molecule has 0 unspecified atom stereocenters. The molecule has 0 saturated carbocycles. The summed E-state index contributed by atoms with van der Waals surface area (Å²) in [6.07, 6.45) is 1.40. The van der Waals surface area contributed by atoms with E-state index in [2.05, 4.69) is 4.40 Å². The highest BCUT2D eigenvalue weighted by Crippen LogP contribution is 2.24. The predicted octanol–water partition coefficient (Wildman–Crippen LogP) is 3.52. The van der Waals surface area contributed by atoms with Gasteiger partial charge in [-0.05, 0) is 49.7 Å². The lowest BCUT2D eigenvalue weighted by atomic mass is 10.2. The zero-order chi connectivity index (χ0) is 16.4. The molecule has 0 spiro atoms. The largest absolute Gasteiger partial charge is 0.329 e. The van der Waals surface area contributed by atoms with Crippen molar-refractivity contribution in [1.82, 2.24) is 0 Å². The Morgan fingerprint density at radius 3 is 2.35 bits per heavy atom. The van der Waals surface area contributed by atoms with Gasteiger partial charge < -0.3 is 4.90 Å². The smallest absolute Gasteiger partial charge is 0.283 e. The third-order valence-corrected chi connectivity index (χ3v) is 5.10. The van der Waals surface area contributed by atoms with Crippen molar-refractivity contribution >= 4 is 21.5 Å². The van der Waals surface area contributed by atoms with Crippen molar-refractivity contribution in [3.05, 3.63) is 59.9 Å². The molecule has 0 atom stereocenters. The third kappa shape index (κ3) is 3.42. The number of hydrogen-bond acceptors (Lipinski definition) is 2. The maximum atomic E-state index is 13.1. The van der Waals surface area contributed by atoms with Gasteiger partial charge in [-0.3, -0.25) is 0 Å². The minimum atomic E-state index is -3.74. The van der Waals surface area contributed by atoms with Crippen molar-refractivity contribution in [3.8, 4) is 0 Å². The molecule has 0 N–H and O–H groups in total. The van der Waals surface area contributed by atoms with Gasteiger partial charge in [-0.15, -0.1) is 4.40 Å². The molecule has 4 nitrogen and oxygen atoms in total. The second kappa shape index (κ2) is 6.12. The van der Waals surface area contributed by atoms with E-state index in [0.29, 0.717) is 18.8 Å². The molecule has 1 fully saturated rings. The molecule has 2 aromatic carbocycles. The molecule has 120 valence electrons. The minimum absolute atomic E-state index is 0.182. The van der Waals surface area contributed by atoms with Crippen molar-refractivity contribution < 1.29 is 12.8 Å². The summed E-state index contributed by atoms with van der Waals surface area (Å²) in [5.74, 6) is 0.177. The minimum Gasteiger partial charge on any atom is -0.329 e. The normalized spacial score (nSPS) is 17.0. The monoisotopic (exact) mass is 332 g/mol. The van der Waals surface area contributed by atoms with Gasteiger partial charge in [-0.25, -0.2) is 4.39 Å². The quantitative estimate of drug-likeness (QED) is 0.864. The van der Waals surface area contributed by atoms with E-state index in [9.17, 15) is 12.8 Å². The standard InChI is InChI=1S/C17H17FN2O2S/c1-13-4-10-16(11-5-13)23(21,22)19-17-3-2-12-20(17)15-8-6-14(18)7-9-15/h4-11H,2-3,12H2,1H3/b19-17-. The van der Waals surface area contributed by atoms with Crippen LogP contribution in [0, 0.1) is 12.7 Å². The second-order valence-corrected chi connectivity index (χ2v) is 7.13. The van der Waals surface area contributed by atoms with Crippen LogP contribution in [-0.4, -0.2) is 20.8 Å². The number of anilines is 1. The SMILES string of the molecule is Cc1ccc(S(=O)(=O)/N=C2/CCCN2c2ccc(F)cc2)cc1. The van der Waals surface area contributed by atoms with Crippen molar-refractivity contribution in [2.75, 3.05) is 11.4 Å². The highest BCUT2D eigenvalue weighted by atomic mass is 32.2. The van der Waals surface area contributed by atoms with Crippen LogP contribution in [0.15, 0.2) is 57.8 Å². The van der Waals surface area contributed by atoms with Crippen LogP contribution in [0.2, 0.25) is 0 Å². The predicted molar refractivity (Wildman–Crippen MR) is 88.8 cm³/mol. The number of nitrogens with zero attached hydrogens (tertiary/aromatic N) is 2. The molecular formula is C17H17FN2O2S. The van der Waals surface area contributed by atoms with Crippen LogP contribution in [0.25, 0.3) is 0 Å². The van der Waals surface area contributed by atoms with Gasteiger partial charge in [0, 0.05) is 18.7 Å². The molecule has 0 amide bonds. The molecule has 1 heterocycles. The first-order valence-corrected chi connectivity index (χ1v) is 8.83. The topological polar surface area (TPSA) is 49.7 Å². The summed E-state index contributed by atoms with van der Waals surface area (Å²) in [5.41, 5.74) is 1.74. The maximum Gasteiger partial charge on any atom is 0.283 e. The van der Waals surface area contributed by atoms with E-state index in [4.69, 9.17) is 0 Å². The molecule has 1 aliphatic heterocycles. The van der Waals surface area contributed by atoms with Gasteiger partial charge in [0.25, 0.3) is 10.0 Å². The number of halogens is 1. The first-order chi connectivity index (χ1) is 11.0. The first kappa shape index (κ1) is 15.7. The fourth-order valence-electron chi connectivity index (χ4n) is 2.56. The summed E-state index contributed by atoms with van der Waals surface area (Å²) in [7, 11) is -3.74. The van der Waals surface area contributed by atoms with E-state index < -0.39 is 10.0 Å². The maximum absolute atomic E-state index is 13.1. The Morgan fingerprint density at radius 1 is 1.04 bits per heavy atom. The molecule has 0 radical (unpaired) electrons. The van der Waals surface area contributed by atoms with E-state index in [1.807, 2.05) is 11.8 Å². The summed E-state index contributed by atoms with van der Waals surface area (Å²) in [4.78, 5) is 2.01. The van der Waals surface area contributed by atoms with Crippen molar-refractivity contribution in [2.24, 2.45) is 4.40 Å². The summed E-state index contributed by atoms with van der Waals surface area (Å²) in [6, 6.07) is 12.6. The number of sulfonamides is 1. The summed E-state index contributed by atoms with van der Waals surface area (Å²) in [6.45, 7) is 2.57. The highest BCUT2D eigenvalue weighted by molar-refractivity contribution is 7.90. The zero-order valence-electron chi connectivity index (χ0n) is 12.7. The van der Waals surface area contributed by atoms with Crippen LogP contribution < -0.4 is 4.90 Å². The molecular weight excluding hydrogens is 315 g/mol. The molecule has 3 rings (SSSR count). The van der Waals surface area contributed by atoms with Crippen molar-refractivity contribution in [2.45, 2.75) is 24.7 Å². The van der Waals surface area contributed by atoms with Gasteiger partial charge in [0.05, 0.1) is 4.90 Å².